The second kappa shape index (κ2) is 13.7. The zero-order chi connectivity index (χ0) is 26.6. The molecule has 4 aromatic rings. The van der Waals surface area contributed by atoms with E-state index >= 15 is 0 Å². The van der Waals surface area contributed by atoms with Gasteiger partial charge in [-0.2, -0.15) is 0 Å². The number of aryl methyl sites for hydroxylation is 1. The van der Waals surface area contributed by atoms with Gasteiger partial charge in [-0.25, -0.2) is 0 Å². The third kappa shape index (κ3) is 8.57. The van der Waals surface area contributed by atoms with Gasteiger partial charge in [0.15, 0.2) is 5.11 Å². The van der Waals surface area contributed by atoms with Crippen molar-refractivity contribution in [3.8, 4) is 5.75 Å². The number of anilines is 2. The number of carbonyl (C=O) groups excluding carboxylic acids is 2. The van der Waals surface area contributed by atoms with E-state index in [1.165, 1.54) is 5.56 Å². The van der Waals surface area contributed by atoms with Crippen molar-refractivity contribution in [2.24, 2.45) is 0 Å². The van der Waals surface area contributed by atoms with E-state index in [0.717, 1.165) is 12.0 Å². The first-order valence-corrected chi connectivity index (χ1v) is 12.8. The third-order valence-electron chi connectivity index (χ3n) is 5.73. The Balaban J connectivity index is 1.22. The van der Waals surface area contributed by atoms with Crippen LogP contribution in [0.4, 0.5) is 11.4 Å². The first-order chi connectivity index (χ1) is 18.5. The molecule has 0 aliphatic rings. The maximum atomic E-state index is 12.6. The van der Waals surface area contributed by atoms with Crippen molar-refractivity contribution in [3.05, 3.63) is 126 Å². The zero-order valence-electron chi connectivity index (χ0n) is 20.9. The van der Waals surface area contributed by atoms with Crippen molar-refractivity contribution in [1.29, 1.82) is 0 Å². The summed E-state index contributed by atoms with van der Waals surface area (Å²) in [7, 11) is 0. The molecule has 4 rings (SSSR count). The van der Waals surface area contributed by atoms with E-state index in [2.05, 4.69) is 28.1 Å². The predicted molar refractivity (Wildman–Crippen MR) is 156 cm³/mol. The molecule has 0 unspecified atom stereocenters. The van der Waals surface area contributed by atoms with Crippen molar-refractivity contribution in [3.63, 3.8) is 0 Å². The van der Waals surface area contributed by atoms with Gasteiger partial charge in [0.25, 0.3) is 5.91 Å². The topological polar surface area (TPSA) is 79.5 Å². The smallest absolute Gasteiger partial charge is 0.257 e. The Morgan fingerprint density at radius 3 is 1.95 bits per heavy atom. The first-order valence-electron chi connectivity index (χ1n) is 12.4. The number of hydrogen-bond acceptors (Lipinski definition) is 4. The van der Waals surface area contributed by atoms with Gasteiger partial charge in [0.1, 0.15) is 5.75 Å². The highest BCUT2D eigenvalue weighted by molar-refractivity contribution is 7.80. The van der Waals surface area contributed by atoms with Crippen LogP contribution in [0, 0.1) is 0 Å². The van der Waals surface area contributed by atoms with Crippen LogP contribution in [0.15, 0.2) is 109 Å². The third-order valence-corrected chi connectivity index (χ3v) is 5.94. The minimum absolute atomic E-state index is 0.0747. The molecule has 0 radical (unpaired) electrons. The highest BCUT2D eigenvalue weighted by Crippen LogP contribution is 2.16. The number of rotatable bonds is 10. The van der Waals surface area contributed by atoms with Crippen LogP contribution in [0.1, 0.15) is 27.9 Å². The molecular weight excluding hydrogens is 494 g/mol. The molecule has 2 amide bonds. The molecule has 0 fully saturated rings. The highest BCUT2D eigenvalue weighted by atomic mass is 32.1. The molecule has 38 heavy (non-hydrogen) atoms. The summed E-state index contributed by atoms with van der Waals surface area (Å²) in [4.78, 5) is 25.0. The van der Waals surface area contributed by atoms with E-state index in [9.17, 15) is 9.59 Å². The number of amides is 2. The fourth-order valence-corrected chi connectivity index (χ4v) is 3.98. The minimum atomic E-state index is -0.330. The van der Waals surface area contributed by atoms with Gasteiger partial charge in [0.05, 0.1) is 6.61 Å². The summed E-state index contributed by atoms with van der Waals surface area (Å²) in [6.07, 6.45) is 1.86. The van der Waals surface area contributed by atoms with Gasteiger partial charge in [-0.15, -0.1) is 0 Å². The molecule has 0 aromatic heterocycles. The molecule has 7 heteroatoms. The molecule has 0 saturated heterocycles. The van der Waals surface area contributed by atoms with E-state index in [0.29, 0.717) is 42.1 Å². The van der Waals surface area contributed by atoms with Crippen molar-refractivity contribution < 1.29 is 14.3 Å². The van der Waals surface area contributed by atoms with Crippen molar-refractivity contribution >= 4 is 40.5 Å². The highest BCUT2D eigenvalue weighted by Gasteiger charge is 2.09. The Hall–Kier alpha value is -4.49. The fourth-order valence-electron chi connectivity index (χ4n) is 3.77. The number of nitrogens with one attached hydrogen (secondary N) is 3. The zero-order valence-corrected chi connectivity index (χ0v) is 21.7. The van der Waals surface area contributed by atoms with Gasteiger partial charge in [-0.1, -0.05) is 66.7 Å². The fraction of sp³-hybridized carbons (Fsp3) is 0.129. The molecule has 6 nitrogen and oxygen atoms in total. The van der Waals surface area contributed by atoms with E-state index in [-0.39, 0.29) is 16.9 Å². The number of thiocarbonyl (C=S) groups is 1. The van der Waals surface area contributed by atoms with Crippen molar-refractivity contribution in [2.75, 3.05) is 17.2 Å². The molecule has 192 valence electrons. The van der Waals surface area contributed by atoms with Gasteiger partial charge in [0.2, 0.25) is 5.91 Å². The van der Waals surface area contributed by atoms with Crippen LogP contribution in [-0.4, -0.2) is 23.5 Å². The van der Waals surface area contributed by atoms with Crippen LogP contribution in [0.3, 0.4) is 0 Å². The van der Waals surface area contributed by atoms with Gasteiger partial charge in [-0.3, -0.25) is 14.9 Å². The minimum Gasteiger partial charge on any atom is -0.493 e. The van der Waals surface area contributed by atoms with Gasteiger partial charge < -0.3 is 15.4 Å². The summed E-state index contributed by atoms with van der Waals surface area (Å²) in [6, 6.07) is 34.1. The average Bonchev–Trinajstić information content (AvgIpc) is 2.93. The van der Waals surface area contributed by atoms with Crippen LogP contribution in [0.2, 0.25) is 0 Å². The summed E-state index contributed by atoms with van der Waals surface area (Å²) >= 11 is 5.31. The Morgan fingerprint density at radius 2 is 1.29 bits per heavy atom. The lowest BCUT2D eigenvalue weighted by molar-refractivity contribution is -0.116. The number of ether oxygens (including phenoxy) is 1. The lowest BCUT2D eigenvalue weighted by atomic mass is 10.1. The molecule has 0 saturated carbocycles. The molecule has 0 spiro atoms. The van der Waals surface area contributed by atoms with E-state index in [1.54, 1.807) is 48.5 Å². The van der Waals surface area contributed by atoms with E-state index in [1.807, 2.05) is 48.5 Å². The largest absolute Gasteiger partial charge is 0.493 e. The Kier molecular flexibility index (Phi) is 9.59. The molecule has 0 bridgehead atoms. The van der Waals surface area contributed by atoms with Crippen LogP contribution in [-0.2, 0) is 17.6 Å². The Morgan fingerprint density at radius 1 is 0.684 bits per heavy atom. The summed E-state index contributed by atoms with van der Waals surface area (Å²) in [5.74, 6) is 0.291. The summed E-state index contributed by atoms with van der Waals surface area (Å²) in [6.45, 7) is 0.552. The number of benzene rings is 4. The number of hydrogen-bond donors (Lipinski definition) is 3. The SMILES string of the molecule is O=C(CCc1ccccc1)Nc1cccc(NC(=S)NC(=O)c2ccc(OCCc3ccccc3)cc2)c1. The first kappa shape index (κ1) is 26.6. The summed E-state index contributed by atoms with van der Waals surface area (Å²) in [5, 5.41) is 8.73. The van der Waals surface area contributed by atoms with Gasteiger partial charge >= 0.3 is 0 Å². The second-order valence-corrected chi connectivity index (χ2v) is 9.04. The lowest BCUT2D eigenvalue weighted by Crippen LogP contribution is -2.34. The maximum Gasteiger partial charge on any atom is 0.257 e. The average molecular weight is 524 g/mol. The van der Waals surface area contributed by atoms with Crippen molar-refractivity contribution in [1.82, 2.24) is 5.32 Å². The quantitative estimate of drug-likeness (QED) is 0.222. The van der Waals surface area contributed by atoms with Gasteiger partial charge in [-0.05, 0) is 72.2 Å². The normalized spacial score (nSPS) is 10.3. The molecule has 0 aliphatic heterocycles. The standard InChI is InChI=1S/C31H29N3O3S/c35-29(19-14-23-8-3-1-4-9-23)32-26-12-7-13-27(22-26)33-31(38)34-30(36)25-15-17-28(18-16-25)37-21-20-24-10-5-2-6-11-24/h1-13,15-18,22H,14,19-21H2,(H,32,35)(H2,33,34,36,38). The summed E-state index contributed by atoms with van der Waals surface area (Å²) < 4.78 is 5.78. The lowest BCUT2D eigenvalue weighted by Gasteiger charge is -2.12. The number of carbonyl (C=O) groups is 2. The van der Waals surface area contributed by atoms with Gasteiger partial charge in [0, 0.05) is 29.8 Å². The predicted octanol–water partition coefficient (Wildman–Crippen LogP) is 6.01. The monoisotopic (exact) mass is 523 g/mol. The second-order valence-electron chi connectivity index (χ2n) is 8.63. The van der Waals surface area contributed by atoms with Crippen molar-refractivity contribution in [2.45, 2.75) is 19.3 Å². The summed E-state index contributed by atoms with van der Waals surface area (Å²) in [5.41, 5.74) is 4.08. The van der Waals surface area contributed by atoms with Crippen LogP contribution in [0.25, 0.3) is 0 Å². The molecule has 3 N–H and O–H groups in total. The van der Waals surface area contributed by atoms with Crippen LogP contribution >= 0.6 is 12.2 Å². The molecular formula is C31H29N3O3S. The molecule has 0 atom stereocenters. The Labute approximate surface area is 228 Å². The maximum absolute atomic E-state index is 12.6. The van der Waals surface area contributed by atoms with E-state index < -0.39 is 0 Å². The Bertz CT molecular complexity index is 1360. The molecule has 0 aliphatic carbocycles. The van der Waals surface area contributed by atoms with Crippen LogP contribution < -0.4 is 20.7 Å². The van der Waals surface area contributed by atoms with Crippen LogP contribution in [0.5, 0.6) is 5.75 Å². The molecule has 4 aromatic carbocycles. The van der Waals surface area contributed by atoms with E-state index in [4.69, 9.17) is 17.0 Å². The molecule has 0 heterocycles.